The lowest BCUT2D eigenvalue weighted by atomic mass is 9.88. The van der Waals surface area contributed by atoms with Crippen LogP contribution in [0.15, 0.2) is 66.7 Å². The molecule has 0 fully saturated rings. The molecule has 3 N–H and O–H groups in total. The Morgan fingerprint density at radius 1 is 1.08 bits per heavy atom. The highest BCUT2D eigenvalue weighted by molar-refractivity contribution is 5.86. The van der Waals surface area contributed by atoms with Crippen molar-refractivity contribution >= 4 is 5.91 Å². The third-order valence-electron chi connectivity index (χ3n) is 4.08. The number of amides is 1. The minimum Gasteiger partial charge on any atom is -0.504 e. The van der Waals surface area contributed by atoms with Crippen LogP contribution in [0.5, 0.6) is 11.5 Å². The number of carbonyl (C=O) groups is 1. The van der Waals surface area contributed by atoms with Gasteiger partial charge in [-0.2, -0.15) is 0 Å². The summed E-state index contributed by atoms with van der Waals surface area (Å²) in [5.74, 6) is -0.785. The van der Waals surface area contributed by atoms with Crippen molar-refractivity contribution in [2.24, 2.45) is 5.73 Å². The second-order valence-electron chi connectivity index (χ2n) is 5.68. The Morgan fingerprint density at radius 3 is 2.52 bits per heavy atom. The average molecular weight is 332 g/mol. The third kappa shape index (κ3) is 3.48. The maximum Gasteiger partial charge on any atom is 0.229 e. The molecule has 0 spiro atoms. The zero-order valence-electron chi connectivity index (χ0n) is 13.8. The molecule has 1 unspecified atom stereocenters. The Bertz CT molecular complexity index is 891. The van der Waals surface area contributed by atoms with Crippen LogP contribution in [-0.2, 0) is 4.79 Å². The molecular formula is C21H18NO3. The molecule has 1 radical (unpaired) electrons. The van der Waals surface area contributed by atoms with Crippen LogP contribution < -0.4 is 10.5 Å². The molecule has 1 amide bonds. The van der Waals surface area contributed by atoms with Crippen molar-refractivity contribution in [3.05, 3.63) is 83.9 Å². The molecule has 0 aliphatic rings. The monoisotopic (exact) mass is 332 g/mol. The molecule has 0 saturated heterocycles. The first-order valence-electron chi connectivity index (χ1n) is 7.83. The van der Waals surface area contributed by atoms with Crippen molar-refractivity contribution in [1.29, 1.82) is 0 Å². The van der Waals surface area contributed by atoms with Gasteiger partial charge in [-0.05, 0) is 46.5 Å². The van der Waals surface area contributed by atoms with Gasteiger partial charge in [-0.3, -0.25) is 4.79 Å². The fourth-order valence-corrected chi connectivity index (χ4v) is 2.87. The number of primary amides is 1. The normalized spacial score (nSPS) is 11.7. The summed E-state index contributed by atoms with van der Waals surface area (Å²) in [5.41, 5.74) is 9.10. The van der Waals surface area contributed by atoms with Gasteiger partial charge < -0.3 is 15.6 Å². The Balaban J connectivity index is 2.06. The molecule has 1 atom stereocenters. The Morgan fingerprint density at radius 2 is 1.84 bits per heavy atom. The number of aromatic hydroxyl groups is 1. The maximum absolute atomic E-state index is 12.1. The van der Waals surface area contributed by atoms with Gasteiger partial charge in [-0.15, -0.1) is 0 Å². The van der Waals surface area contributed by atoms with Crippen LogP contribution in [0.2, 0.25) is 0 Å². The van der Waals surface area contributed by atoms with Crippen LogP contribution in [-0.4, -0.2) is 18.1 Å². The van der Waals surface area contributed by atoms with E-state index in [0.29, 0.717) is 11.3 Å². The molecular weight excluding hydrogens is 314 g/mol. The quantitative estimate of drug-likeness (QED) is 0.751. The lowest BCUT2D eigenvalue weighted by molar-refractivity contribution is -0.118. The van der Waals surface area contributed by atoms with Gasteiger partial charge in [0.05, 0.1) is 13.0 Å². The number of carbonyl (C=O) groups excluding carboxylic acids is 1. The molecule has 125 valence electrons. The standard InChI is InChI=1S/C21H18NO3/c1-25-19-13-17(10-11-18(19)23)20(21(22)24)16-9-5-8-15(12-16)14-6-3-2-4-7-14/h2-3,5-13,20,23H,1H3,(H2,22,24). The zero-order chi connectivity index (χ0) is 17.8. The molecule has 0 bridgehead atoms. The summed E-state index contributed by atoms with van der Waals surface area (Å²) in [7, 11) is 1.46. The summed E-state index contributed by atoms with van der Waals surface area (Å²) in [6, 6.07) is 23.2. The average Bonchev–Trinajstić information content (AvgIpc) is 2.64. The molecule has 0 saturated carbocycles. The van der Waals surface area contributed by atoms with E-state index in [0.717, 1.165) is 16.7 Å². The summed E-state index contributed by atoms with van der Waals surface area (Å²) in [6.07, 6.45) is 0. The van der Waals surface area contributed by atoms with E-state index in [4.69, 9.17) is 10.5 Å². The maximum atomic E-state index is 12.1. The summed E-state index contributed by atoms with van der Waals surface area (Å²) in [4.78, 5) is 12.1. The Labute approximate surface area is 146 Å². The summed E-state index contributed by atoms with van der Waals surface area (Å²) in [5, 5.41) is 9.77. The molecule has 25 heavy (non-hydrogen) atoms. The summed E-state index contributed by atoms with van der Waals surface area (Å²) < 4.78 is 5.14. The lowest BCUT2D eigenvalue weighted by Gasteiger charge is -2.17. The van der Waals surface area contributed by atoms with Crippen molar-refractivity contribution < 1.29 is 14.6 Å². The number of rotatable bonds is 5. The molecule has 3 aromatic carbocycles. The highest BCUT2D eigenvalue weighted by Crippen LogP contribution is 2.33. The van der Waals surface area contributed by atoms with Gasteiger partial charge in [-0.1, -0.05) is 48.5 Å². The van der Waals surface area contributed by atoms with E-state index in [1.54, 1.807) is 12.1 Å². The number of methoxy groups -OCH3 is 1. The lowest BCUT2D eigenvalue weighted by Crippen LogP contribution is -2.22. The van der Waals surface area contributed by atoms with Crippen molar-refractivity contribution in [3.8, 4) is 22.6 Å². The minimum atomic E-state index is -0.637. The largest absolute Gasteiger partial charge is 0.504 e. The van der Waals surface area contributed by atoms with Crippen molar-refractivity contribution in [1.82, 2.24) is 0 Å². The van der Waals surface area contributed by atoms with E-state index >= 15 is 0 Å². The number of hydrogen-bond donors (Lipinski definition) is 2. The smallest absolute Gasteiger partial charge is 0.229 e. The number of ether oxygens (including phenoxy) is 1. The van der Waals surface area contributed by atoms with Crippen LogP contribution in [0.25, 0.3) is 11.1 Å². The first-order valence-corrected chi connectivity index (χ1v) is 7.83. The van der Waals surface area contributed by atoms with Crippen LogP contribution in [0.1, 0.15) is 17.0 Å². The van der Waals surface area contributed by atoms with Crippen molar-refractivity contribution in [2.75, 3.05) is 7.11 Å². The number of phenols is 1. The predicted molar refractivity (Wildman–Crippen MR) is 96.4 cm³/mol. The molecule has 4 nitrogen and oxygen atoms in total. The number of benzene rings is 3. The number of phenolic OH excluding ortho intramolecular Hbond substituents is 1. The van der Waals surface area contributed by atoms with E-state index < -0.39 is 11.8 Å². The Hall–Kier alpha value is -3.27. The van der Waals surface area contributed by atoms with E-state index in [1.165, 1.54) is 13.2 Å². The topological polar surface area (TPSA) is 72.5 Å². The zero-order valence-corrected chi connectivity index (χ0v) is 13.8. The van der Waals surface area contributed by atoms with Gasteiger partial charge in [-0.25, -0.2) is 0 Å². The summed E-state index contributed by atoms with van der Waals surface area (Å²) >= 11 is 0. The van der Waals surface area contributed by atoms with Crippen LogP contribution in [0, 0.1) is 6.07 Å². The van der Waals surface area contributed by atoms with Gasteiger partial charge in [0.15, 0.2) is 11.5 Å². The van der Waals surface area contributed by atoms with E-state index in [1.807, 2.05) is 48.5 Å². The molecule has 4 heteroatoms. The first-order chi connectivity index (χ1) is 12.1. The first kappa shape index (κ1) is 16.6. The highest BCUT2D eigenvalue weighted by atomic mass is 16.5. The molecule has 3 rings (SSSR count). The molecule has 0 aliphatic heterocycles. The Kier molecular flexibility index (Phi) is 4.70. The molecule has 0 aromatic heterocycles. The second-order valence-corrected chi connectivity index (χ2v) is 5.68. The fraction of sp³-hybridized carbons (Fsp3) is 0.0952. The van der Waals surface area contributed by atoms with Gasteiger partial charge in [0, 0.05) is 0 Å². The van der Waals surface area contributed by atoms with Crippen LogP contribution in [0.3, 0.4) is 0 Å². The van der Waals surface area contributed by atoms with Gasteiger partial charge >= 0.3 is 0 Å². The van der Waals surface area contributed by atoms with E-state index in [2.05, 4.69) is 6.07 Å². The van der Waals surface area contributed by atoms with Crippen LogP contribution in [0.4, 0.5) is 0 Å². The van der Waals surface area contributed by atoms with Gasteiger partial charge in [0.1, 0.15) is 0 Å². The fourth-order valence-electron chi connectivity index (χ4n) is 2.87. The minimum absolute atomic E-state index is 0.0167. The predicted octanol–water partition coefficient (Wildman–Crippen LogP) is 3.49. The van der Waals surface area contributed by atoms with E-state index in [-0.39, 0.29) is 5.75 Å². The van der Waals surface area contributed by atoms with Gasteiger partial charge in [0.25, 0.3) is 0 Å². The highest BCUT2D eigenvalue weighted by Gasteiger charge is 2.22. The van der Waals surface area contributed by atoms with Crippen molar-refractivity contribution in [3.63, 3.8) is 0 Å². The molecule has 3 aromatic rings. The second kappa shape index (κ2) is 7.09. The molecule has 0 aliphatic carbocycles. The molecule has 0 heterocycles. The van der Waals surface area contributed by atoms with E-state index in [9.17, 15) is 9.90 Å². The van der Waals surface area contributed by atoms with Gasteiger partial charge in [0.2, 0.25) is 5.91 Å². The third-order valence-corrected chi connectivity index (χ3v) is 4.08. The van der Waals surface area contributed by atoms with Crippen molar-refractivity contribution in [2.45, 2.75) is 5.92 Å². The number of nitrogens with two attached hydrogens (primary N) is 1. The number of hydrogen-bond acceptors (Lipinski definition) is 3. The summed E-state index contributed by atoms with van der Waals surface area (Å²) in [6.45, 7) is 0. The SMILES string of the molecule is COc1cc(C(C(N)=O)c2cccc(-c3c[c]ccc3)c2)ccc1O. The van der Waals surface area contributed by atoms with Crippen LogP contribution >= 0.6 is 0 Å².